The smallest absolute Gasteiger partial charge is 0.226 e. The number of fused-ring (bicyclic) bond motifs is 1. The van der Waals surface area contributed by atoms with E-state index in [0.717, 1.165) is 30.0 Å². The van der Waals surface area contributed by atoms with Crippen molar-refractivity contribution >= 4 is 5.91 Å². The van der Waals surface area contributed by atoms with Gasteiger partial charge in [0.15, 0.2) is 0 Å². The van der Waals surface area contributed by atoms with Gasteiger partial charge in [0, 0.05) is 30.6 Å². The summed E-state index contributed by atoms with van der Waals surface area (Å²) in [5.41, 5.74) is 1.04. The summed E-state index contributed by atoms with van der Waals surface area (Å²) in [6, 6.07) is 5.73. The highest BCUT2D eigenvalue weighted by molar-refractivity contribution is 5.84. The molecule has 0 spiro atoms. The zero-order valence-electron chi connectivity index (χ0n) is 10.7. The van der Waals surface area contributed by atoms with E-state index in [1.165, 1.54) is 0 Å². The van der Waals surface area contributed by atoms with Crippen LogP contribution in [0.3, 0.4) is 0 Å². The first kappa shape index (κ1) is 11.4. The van der Waals surface area contributed by atoms with Crippen LogP contribution in [0.25, 0.3) is 0 Å². The first-order valence-corrected chi connectivity index (χ1v) is 6.22. The number of methoxy groups -OCH3 is 2. The molecule has 1 amide bonds. The fourth-order valence-electron chi connectivity index (χ4n) is 2.69. The van der Waals surface area contributed by atoms with Crippen molar-refractivity contribution in [3.05, 3.63) is 23.8 Å². The minimum Gasteiger partial charge on any atom is -0.497 e. The van der Waals surface area contributed by atoms with Crippen molar-refractivity contribution < 1.29 is 14.3 Å². The summed E-state index contributed by atoms with van der Waals surface area (Å²) in [6.07, 6.45) is 1.09. The Balaban J connectivity index is 1.77. The van der Waals surface area contributed by atoms with Gasteiger partial charge >= 0.3 is 0 Å². The summed E-state index contributed by atoms with van der Waals surface area (Å²) in [7, 11) is 3.27. The van der Waals surface area contributed by atoms with Crippen LogP contribution in [0.15, 0.2) is 18.2 Å². The molecule has 1 saturated carbocycles. The van der Waals surface area contributed by atoms with Crippen LogP contribution in [-0.4, -0.2) is 31.6 Å². The maximum absolute atomic E-state index is 11.9. The molecule has 1 aromatic carbocycles. The predicted octanol–water partition coefficient (Wildman–Crippen LogP) is 1.68. The molecule has 1 saturated heterocycles. The van der Waals surface area contributed by atoms with E-state index in [1.54, 1.807) is 14.2 Å². The van der Waals surface area contributed by atoms with Gasteiger partial charge in [-0.1, -0.05) is 0 Å². The van der Waals surface area contributed by atoms with Crippen LogP contribution >= 0.6 is 0 Å². The highest BCUT2D eigenvalue weighted by Gasteiger charge is 2.51. The number of likely N-dealkylation sites (tertiary alicyclic amines) is 1. The third-order valence-corrected chi connectivity index (χ3v) is 3.86. The van der Waals surface area contributed by atoms with Crippen molar-refractivity contribution in [2.45, 2.75) is 13.0 Å². The van der Waals surface area contributed by atoms with Gasteiger partial charge in [0.2, 0.25) is 5.91 Å². The summed E-state index contributed by atoms with van der Waals surface area (Å²) in [5, 5.41) is 0. The quantitative estimate of drug-likeness (QED) is 0.812. The standard InChI is InChI=1S/C14H17NO3/c1-17-11-4-3-9(13(6-11)18-2)7-15-8-10-5-12(10)14(15)16/h3-4,6,10,12H,5,7-8H2,1-2H3. The van der Waals surface area contributed by atoms with E-state index in [9.17, 15) is 4.79 Å². The van der Waals surface area contributed by atoms with E-state index in [1.807, 2.05) is 23.1 Å². The molecule has 0 aromatic heterocycles. The lowest BCUT2D eigenvalue weighted by atomic mass is 10.1. The molecule has 2 aliphatic rings. The molecule has 96 valence electrons. The lowest BCUT2D eigenvalue weighted by Crippen LogP contribution is -2.27. The molecule has 1 heterocycles. The average Bonchev–Trinajstić information content (AvgIpc) is 3.10. The molecular formula is C14H17NO3. The minimum atomic E-state index is 0.304. The van der Waals surface area contributed by atoms with E-state index >= 15 is 0 Å². The van der Waals surface area contributed by atoms with Crippen molar-refractivity contribution in [1.29, 1.82) is 0 Å². The SMILES string of the molecule is COc1ccc(CN2CC3CC3C2=O)c(OC)c1. The van der Waals surface area contributed by atoms with E-state index in [-0.39, 0.29) is 0 Å². The van der Waals surface area contributed by atoms with Crippen LogP contribution in [0.2, 0.25) is 0 Å². The topological polar surface area (TPSA) is 38.8 Å². The van der Waals surface area contributed by atoms with Crippen molar-refractivity contribution in [3.63, 3.8) is 0 Å². The lowest BCUT2D eigenvalue weighted by molar-refractivity contribution is -0.130. The summed E-state index contributed by atoms with van der Waals surface area (Å²) < 4.78 is 10.5. The molecule has 2 unspecified atom stereocenters. The second kappa shape index (κ2) is 4.19. The highest BCUT2D eigenvalue weighted by atomic mass is 16.5. The first-order chi connectivity index (χ1) is 8.72. The Morgan fingerprint density at radius 3 is 2.78 bits per heavy atom. The Morgan fingerprint density at radius 1 is 1.33 bits per heavy atom. The second-order valence-electron chi connectivity index (χ2n) is 5.00. The first-order valence-electron chi connectivity index (χ1n) is 6.22. The van der Waals surface area contributed by atoms with Gasteiger partial charge in [-0.05, 0) is 24.5 Å². The summed E-state index contributed by atoms with van der Waals surface area (Å²) >= 11 is 0. The third kappa shape index (κ3) is 1.82. The van der Waals surface area contributed by atoms with Crippen molar-refractivity contribution in [2.75, 3.05) is 20.8 Å². The van der Waals surface area contributed by atoms with Crippen molar-refractivity contribution in [3.8, 4) is 11.5 Å². The van der Waals surface area contributed by atoms with Gasteiger partial charge in [0.25, 0.3) is 0 Å². The number of hydrogen-bond acceptors (Lipinski definition) is 3. The molecule has 1 aliphatic heterocycles. The molecule has 0 radical (unpaired) electrons. The lowest BCUT2D eigenvalue weighted by Gasteiger charge is -2.20. The van der Waals surface area contributed by atoms with Gasteiger partial charge in [-0.2, -0.15) is 0 Å². The molecule has 4 heteroatoms. The molecule has 2 atom stereocenters. The molecule has 4 nitrogen and oxygen atoms in total. The maximum Gasteiger partial charge on any atom is 0.226 e. The number of amides is 1. The minimum absolute atomic E-state index is 0.304. The predicted molar refractivity (Wildman–Crippen MR) is 66.6 cm³/mol. The van der Waals surface area contributed by atoms with E-state index in [2.05, 4.69) is 0 Å². The zero-order valence-corrected chi connectivity index (χ0v) is 10.7. The Kier molecular flexibility index (Phi) is 2.65. The van der Waals surface area contributed by atoms with Crippen LogP contribution in [-0.2, 0) is 11.3 Å². The monoisotopic (exact) mass is 247 g/mol. The molecule has 1 aromatic rings. The maximum atomic E-state index is 11.9. The summed E-state index contributed by atoms with van der Waals surface area (Å²) in [5.74, 6) is 2.78. The number of carbonyl (C=O) groups is 1. The largest absolute Gasteiger partial charge is 0.497 e. The number of piperidine rings is 1. The van der Waals surface area contributed by atoms with Gasteiger partial charge in [-0.15, -0.1) is 0 Å². The summed E-state index contributed by atoms with van der Waals surface area (Å²) in [6.45, 7) is 1.54. The second-order valence-corrected chi connectivity index (χ2v) is 5.00. The molecule has 0 bridgehead atoms. The molecule has 2 fully saturated rings. The molecule has 3 rings (SSSR count). The van der Waals surface area contributed by atoms with E-state index in [4.69, 9.17) is 9.47 Å². The number of benzene rings is 1. The fourth-order valence-corrected chi connectivity index (χ4v) is 2.69. The average molecular weight is 247 g/mol. The van der Waals surface area contributed by atoms with E-state index < -0.39 is 0 Å². The van der Waals surface area contributed by atoms with Crippen molar-refractivity contribution in [2.24, 2.45) is 11.8 Å². The van der Waals surface area contributed by atoms with Gasteiger partial charge < -0.3 is 14.4 Å². The van der Waals surface area contributed by atoms with Crippen LogP contribution in [0.5, 0.6) is 11.5 Å². The molecular weight excluding hydrogens is 230 g/mol. The number of rotatable bonds is 4. The Hall–Kier alpha value is -1.71. The van der Waals surface area contributed by atoms with Gasteiger partial charge in [-0.25, -0.2) is 0 Å². The Labute approximate surface area is 106 Å². The van der Waals surface area contributed by atoms with Gasteiger partial charge in [0.05, 0.1) is 14.2 Å². The number of ether oxygens (including phenoxy) is 2. The van der Waals surface area contributed by atoms with Crippen molar-refractivity contribution in [1.82, 2.24) is 4.90 Å². The fraction of sp³-hybridized carbons (Fsp3) is 0.500. The number of nitrogens with zero attached hydrogens (tertiary/aromatic N) is 1. The van der Waals surface area contributed by atoms with Crippen LogP contribution in [0.4, 0.5) is 0 Å². The van der Waals surface area contributed by atoms with Crippen LogP contribution < -0.4 is 9.47 Å². The number of carbonyl (C=O) groups excluding carboxylic acids is 1. The number of hydrogen-bond donors (Lipinski definition) is 0. The Morgan fingerprint density at radius 2 is 2.17 bits per heavy atom. The zero-order chi connectivity index (χ0) is 12.7. The summed E-state index contributed by atoms with van der Waals surface area (Å²) in [4.78, 5) is 13.9. The van der Waals surface area contributed by atoms with Crippen LogP contribution in [0, 0.1) is 11.8 Å². The van der Waals surface area contributed by atoms with Gasteiger partial charge in [-0.3, -0.25) is 4.79 Å². The van der Waals surface area contributed by atoms with Gasteiger partial charge in [0.1, 0.15) is 11.5 Å². The van der Waals surface area contributed by atoms with E-state index in [0.29, 0.717) is 24.3 Å². The Bertz CT molecular complexity index is 486. The highest BCUT2D eigenvalue weighted by Crippen LogP contribution is 2.46. The molecule has 18 heavy (non-hydrogen) atoms. The van der Waals surface area contributed by atoms with Crippen LogP contribution in [0.1, 0.15) is 12.0 Å². The molecule has 1 aliphatic carbocycles. The third-order valence-electron chi connectivity index (χ3n) is 3.86. The normalized spacial score (nSPS) is 25.0. The molecule has 0 N–H and O–H groups in total.